The molecule has 4 amide bonds. The van der Waals surface area contributed by atoms with Crippen molar-refractivity contribution in [3.8, 4) is 0 Å². The minimum absolute atomic E-state index is 0.845. The van der Waals surface area contributed by atoms with Crippen LogP contribution in [0.5, 0.6) is 0 Å². The highest BCUT2D eigenvalue weighted by Gasteiger charge is 2.62. The molecule has 55 heteroatoms. The van der Waals surface area contributed by atoms with E-state index in [1.807, 2.05) is 0 Å². The minimum Gasteiger partial charge on any atom is -0.479 e. The summed E-state index contributed by atoms with van der Waals surface area (Å²) in [6.07, 6.45) is -97.8. The molecule has 123 heavy (non-hydrogen) atoms. The Kier molecular flexibility index (Phi) is 35.6. The third-order valence-corrected chi connectivity index (χ3v) is 22.4. The molecule has 710 valence electrons. The normalized spacial score (nSPS) is 49.4. The van der Waals surface area contributed by atoms with Crippen LogP contribution in [0, 0.1) is 0 Å². The van der Waals surface area contributed by atoms with Crippen LogP contribution in [0.15, 0.2) is 0 Å². The minimum atomic E-state index is -2.60. The number of hydrogen-bond donors (Lipinski definition) is 31. The maximum absolute atomic E-state index is 13.2. The molecule has 0 bridgehead atoms. The average molecular weight is 1800 g/mol. The average Bonchev–Trinajstić information content (AvgIpc) is 0.763. The smallest absolute Gasteiger partial charge is 0.335 e. The molecule has 10 aliphatic heterocycles. The first-order chi connectivity index (χ1) is 58.0. The summed E-state index contributed by atoms with van der Waals surface area (Å²) in [5, 5.41) is 310. The lowest BCUT2D eigenvalue weighted by Crippen LogP contribution is -2.71. The van der Waals surface area contributed by atoms with E-state index in [0.717, 1.165) is 27.7 Å². The number of ether oxygens (including phenoxy) is 19. The first kappa shape index (κ1) is 101. The molecule has 55 nitrogen and oxygen atoms in total. The Morgan fingerprint density at radius 1 is 0.252 bits per heavy atom. The van der Waals surface area contributed by atoms with Gasteiger partial charge in [-0.05, 0) is 6.92 Å². The Hall–Kier alpha value is -4.45. The Morgan fingerprint density at radius 2 is 0.561 bits per heavy atom. The third kappa shape index (κ3) is 22.3. The molecule has 10 fully saturated rings. The molecule has 0 radical (unpaired) electrons. The second-order valence-corrected chi connectivity index (χ2v) is 31.0. The molecule has 10 heterocycles. The van der Waals surface area contributed by atoms with E-state index >= 15 is 0 Å². The lowest BCUT2D eigenvalue weighted by atomic mass is 9.93. The summed E-state index contributed by atoms with van der Waals surface area (Å²) in [5.74, 6) is -5.61. The summed E-state index contributed by atoms with van der Waals surface area (Å²) in [6, 6.07) is -7.63. The van der Waals surface area contributed by atoms with Crippen molar-refractivity contribution in [2.45, 2.75) is 341 Å². The number of aliphatic hydroxyl groups is 26. The van der Waals surface area contributed by atoms with E-state index in [1.165, 1.54) is 6.92 Å². The summed E-state index contributed by atoms with van der Waals surface area (Å²) >= 11 is 0. The molecular formula is C68H112N4O51. The van der Waals surface area contributed by atoms with E-state index in [0.29, 0.717) is 0 Å². The number of aliphatic hydroxyl groups excluding tert-OH is 26. The number of amides is 4. The zero-order valence-electron chi connectivity index (χ0n) is 65.9. The maximum atomic E-state index is 13.2. The Morgan fingerprint density at radius 3 is 1.02 bits per heavy atom. The van der Waals surface area contributed by atoms with Gasteiger partial charge in [-0.25, -0.2) is 4.79 Å². The van der Waals surface area contributed by atoms with Crippen molar-refractivity contribution in [2.75, 3.05) is 52.9 Å². The number of nitrogens with one attached hydrogen (secondary N) is 4. The number of carbonyl (C=O) groups excluding carboxylic acids is 4. The summed E-state index contributed by atoms with van der Waals surface area (Å²) in [4.78, 5) is 63.2. The molecule has 31 N–H and O–H groups in total. The molecule has 0 aromatic heterocycles. The van der Waals surface area contributed by atoms with Crippen LogP contribution in [0.25, 0.3) is 0 Å². The van der Waals surface area contributed by atoms with Crippen molar-refractivity contribution >= 4 is 29.6 Å². The van der Waals surface area contributed by atoms with Crippen molar-refractivity contribution in [2.24, 2.45) is 0 Å². The summed E-state index contributed by atoms with van der Waals surface area (Å²) in [7, 11) is 0. The lowest BCUT2D eigenvalue weighted by Gasteiger charge is -2.51. The van der Waals surface area contributed by atoms with Gasteiger partial charge in [0.25, 0.3) is 0 Å². The topological polar surface area (TPSA) is 855 Å². The van der Waals surface area contributed by atoms with E-state index in [4.69, 9.17) is 90.0 Å². The van der Waals surface area contributed by atoms with Crippen LogP contribution in [-0.2, 0) is 114 Å². The van der Waals surface area contributed by atoms with Gasteiger partial charge < -0.3 is 249 Å². The lowest BCUT2D eigenvalue weighted by molar-refractivity contribution is -0.397. The predicted molar refractivity (Wildman–Crippen MR) is 375 cm³/mol. The van der Waals surface area contributed by atoms with Crippen LogP contribution in [0.2, 0.25) is 0 Å². The van der Waals surface area contributed by atoms with Crippen LogP contribution < -0.4 is 21.3 Å². The molecule has 0 unspecified atom stereocenters. The summed E-state index contributed by atoms with van der Waals surface area (Å²) < 4.78 is 112. The van der Waals surface area contributed by atoms with Gasteiger partial charge in [0, 0.05) is 27.7 Å². The molecule has 0 spiro atoms. The third-order valence-electron chi connectivity index (χ3n) is 22.4. The van der Waals surface area contributed by atoms with Gasteiger partial charge in [-0.2, -0.15) is 0 Å². The Balaban J connectivity index is 0.960. The summed E-state index contributed by atoms with van der Waals surface area (Å²) in [5.41, 5.74) is 0. The van der Waals surface area contributed by atoms with E-state index < -0.39 is 389 Å². The summed E-state index contributed by atoms with van der Waals surface area (Å²) in [6.45, 7) is -4.04. The van der Waals surface area contributed by atoms with Gasteiger partial charge in [0.15, 0.2) is 69.0 Å². The second-order valence-electron chi connectivity index (χ2n) is 31.0. The van der Waals surface area contributed by atoms with Crippen LogP contribution in [0.4, 0.5) is 0 Å². The van der Waals surface area contributed by atoms with Gasteiger partial charge in [-0.15, -0.1) is 0 Å². The number of aliphatic carboxylic acids is 1. The van der Waals surface area contributed by atoms with E-state index in [9.17, 15) is 162 Å². The van der Waals surface area contributed by atoms with Gasteiger partial charge in [-0.3, -0.25) is 19.2 Å². The molecule has 10 saturated heterocycles. The monoisotopic (exact) mass is 1800 g/mol. The number of rotatable bonds is 31. The van der Waals surface area contributed by atoms with Crippen molar-refractivity contribution in [1.82, 2.24) is 21.3 Å². The molecular weight excluding hydrogens is 1690 g/mol. The first-order valence-electron chi connectivity index (χ1n) is 39.0. The van der Waals surface area contributed by atoms with Crippen LogP contribution >= 0.6 is 0 Å². The van der Waals surface area contributed by atoms with Crippen LogP contribution in [-0.4, -0.2) is 527 Å². The highest BCUT2D eigenvalue weighted by Crippen LogP contribution is 2.41. The van der Waals surface area contributed by atoms with Gasteiger partial charge in [0.05, 0.1) is 59.0 Å². The fourth-order valence-corrected chi connectivity index (χ4v) is 15.8. The van der Waals surface area contributed by atoms with Crippen LogP contribution in [0.1, 0.15) is 34.6 Å². The number of carboxylic acids is 1. The van der Waals surface area contributed by atoms with Crippen LogP contribution in [0.3, 0.4) is 0 Å². The standard InChI is InChI=1S/C68H112N4O51/c1-14-31(83)41(93)46(98)63(107-14)105-13-26-52(38(90)27(59(104)108-26)69-15(2)79)116-61-29(71-17(4)81)39(91)51(23(10-77)113-61)118-66-49(101)54(120-68-57(44(96)34(86)21(8-75)112-68)123-60-28(70-16(3)80)37(89)32(84)19(6-73)109-60)36(88)25(115-66)12-106-67-56(43(95)33(85)20(7-74)111-67)122-62-30(72-18(5)82)40(92)50(24(11-78)114-62)117-65-48(100)53(35(87)22(9-76)110-65)119-64-47(99)42(94)45(97)55(121-64)58(102)103/h14,19-57,59-68,73-78,83-101,104H,6-13H2,1-5H3,(H,69,79)(H,70,80)(H,71,81)(H,72,82)(H,102,103)/t14-,19-,20-,21-,22-,23-,24-,25-,26-,27-,28-,29-,30-,31+,32-,33-,34-,35+,36-,37-,38-,39-,40-,41+,42+,43+,44+,45+,46-,47-,48-,49+,50-,51-,52-,53+,54+,55+,56+,57+,59-,60+,61+,62+,63+,64-,65+,66+,67+,68-/m1/s1. The zero-order valence-corrected chi connectivity index (χ0v) is 65.9. The Labute approximate surface area is 695 Å². The predicted octanol–water partition coefficient (Wildman–Crippen LogP) is -21.1. The fourth-order valence-electron chi connectivity index (χ4n) is 15.8. The van der Waals surface area contributed by atoms with Crippen molar-refractivity contribution in [3.05, 3.63) is 0 Å². The second kappa shape index (κ2) is 43.5. The van der Waals surface area contributed by atoms with E-state index in [-0.39, 0.29) is 0 Å². The first-order valence-corrected chi connectivity index (χ1v) is 39.0. The maximum Gasteiger partial charge on any atom is 0.335 e. The largest absolute Gasteiger partial charge is 0.479 e. The van der Waals surface area contributed by atoms with Crippen molar-refractivity contribution in [1.29, 1.82) is 0 Å². The molecule has 10 aliphatic rings. The Bertz CT molecular complexity index is 3380. The van der Waals surface area contributed by atoms with Crippen molar-refractivity contribution < 1.29 is 252 Å². The van der Waals surface area contributed by atoms with Crippen molar-refractivity contribution in [3.63, 3.8) is 0 Å². The molecule has 10 rings (SSSR count). The van der Waals surface area contributed by atoms with Gasteiger partial charge >= 0.3 is 5.97 Å². The fraction of sp³-hybridized carbons (Fsp3) is 0.926. The van der Waals surface area contributed by atoms with Gasteiger partial charge in [0.2, 0.25) is 23.6 Å². The van der Waals surface area contributed by atoms with Gasteiger partial charge in [0.1, 0.15) is 232 Å². The number of carboxylic acid groups (broad SMARTS) is 1. The highest BCUT2D eigenvalue weighted by atomic mass is 16.8. The quantitative estimate of drug-likeness (QED) is 0.0306. The number of hydrogen-bond acceptors (Lipinski definition) is 50. The molecule has 0 aliphatic carbocycles. The molecule has 0 aromatic rings. The van der Waals surface area contributed by atoms with E-state index in [1.54, 1.807) is 0 Å². The van der Waals surface area contributed by atoms with Gasteiger partial charge in [-0.1, -0.05) is 0 Å². The van der Waals surface area contributed by atoms with E-state index in [2.05, 4.69) is 21.3 Å². The molecule has 50 atom stereocenters. The SMILES string of the molecule is CC(=O)N[C@@H]1[C@@H](O)[C@H](O[C@@H]2O[C@H](CO)[C@@H](O[C@@H]3O[C@H](CO[C@H]4O[C@H](CO)[C@@H](O)[C@H](O)[C@@H]4O[C@@H]4O[C@H](CO)[C@@H](O[C@@H]5O[C@H](CO)[C@H](O)[C@H](O[C@@H]6O[C@H](C(=O)O)[C@@H](O)[C@H](O)[C@H]6O)[C@H]5O)[C@H](O)[C@H]4NC(C)=O)[C@@H](O)[C@H](O[C@H]4O[C@H](CO)[C@@H](O)[C@H](O)[C@@H]4O[C@@H]4O[C@H](CO)[C@@H](O)[C@H](O)[C@H]4NC(C)=O)[C@@H]3O)[C@H](O)[C@H]2NC(C)=O)[C@@H](CO[C@H]2O[C@H](C)[C@H](O)[C@H](O)[C@H]2O)O[C@H]1O. The number of carbonyl (C=O) groups is 5. The zero-order chi connectivity index (χ0) is 90.7. The molecule has 0 aromatic carbocycles. The highest BCUT2D eigenvalue weighted by molar-refractivity contribution is 5.75. The molecule has 0 saturated carbocycles.